The molecule has 2 aromatic heterocycles. The number of aromatic nitrogens is 3. The van der Waals surface area contributed by atoms with E-state index < -0.39 is 16.5 Å². The van der Waals surface area contributed by atoms with E-state index in [1.165, 1.54) is 29.1 Å². The van der Waals surface area contributed by atoms with Crippen molar-refractivity contribution in [1.29, 1.82) is 0 Å². The van der Waals surface area contributed by atoms with E-state index in [2.05, 4.69) is 10.1 Å². The fourth-order valence-corrected chi connectivity index (χ4v) is 2.30. The summed E-state index contributed by atoms with van der Waals surface area (Å²) in [6, 6.07) is 5.88. The lowest BCUT2D eigenvalue weighted by atomic mass is 10.2. The van der Waals surface area contributed by atoms with E-state index >= 15 is 0 Å². The van der Waals surface area contributed by atoms with Crippen LogP contribution in [-0.2, 0) is 11.3 Å². The molecule has 128 valence electrons. The average molecular weight is 344 g/mol. The Bertz CT molecular complexity index is 1020. The van der Waals surface area contributed by atoms with Crippen LogP contribution in [0.1, 0.15) is 23.0 Å². The number of nitro benzene ring substituents is 1. The Morgan fingerprint density at radius 2 is 2.24 bits per heavy atom. The fraction of sp³-hybridized carbons (Fsp3) is 0.200. The number of ether oxygens (including phenoxy) is 1. The smallest absolute Gasteiger partial charge is 0.361 e. The minimum absolute atomic E-state index is 0.0386. The zero-order valence-electron chi connectivity index (χ0n) is 13.0. The first-order chi connectivity index (χ1) is 12.0. The lowest BCUT2D eigenvalue weighted by Crippen LogP contribution is -2.22. The molecule has 0 bridgehead atoms. The van der Waals surface area contributed by atoms with Gasteiger partial charge < -0.3 is 9.26 Å². The summed E-state index contributed by atoms with van der Waals surface area (Å²) in [5.74, 6) is -0.784. The van der Waals surface area contributed by atoms with Crippen LogP contribution < -0.4 is 5.56 Å². The molecule has 0 aliphatic heterocycles. The van der Waals surface area contributed by atoms with E-state index in [1.807, 2.05) is 0 Å². The van der Waals surface area contributed by atoms with Gasteiger partial charge in [-0.15, -0.1) is 0 Å². The van der Waals surface area contributed by atoms with Crippen LogP contribution in [0.4, 0.5) is 5.69 Å². The number of benzene rings is 1. The normalized spacial score (nSPS) is 10.8. The Hall–Kier alpha value is -3.56. The molecule has 0 unspecified atom stereocenters. The molecule has 0 amide bonds. The molecule has 1 aromatic carbocycles. The van der Waals surface area contributed by atoms with Crippen molar-refractivity contribution in [1.82, 2.24) is 14.7 Å². The molecule has 0 radical (unpaired) electrons. The van der Waals surface area contributed by atoms with Crippen molar-refractivity contribution in [2.75, 3.05) is 6.61 Å². The number of carbonyl (C=O) groups excluding carboxylic acids is 1. The molecular weight excluding hydrogens is 332 g/mol. The lowest BCUT2D eigenvalue weighted by molar-refractivity contribution is -0.384. The number of nitro groups is 1. The van der Waals surface area contributed by atoms with Crippen molar-refractivity contribution in [2.24, 2.45) is 0 Å². The van der Waals surface area contributed by atoms with Gasteiger partial charge in [-0.05, 0) is 12.5 Å². The quantitative estimate of drug-likeness (QED) is 0.387. The number of non-ortho nitro benzene ring substituents is 1. The molecule has 0 N–H and O–H groups in total. The van der Waals surface area contributed by atoms with Crippen molar-refractivity contribution < 1.29 is 19.0 Å². The third-order valence-electron chi connectivity index (χ3n) is 3.41. The first-order valence-electron chi connectivity index (χ1n) is 7.26. The molecule has 0 fully saturated rings. The van der Waals surface area contributed by atoms with Gasteiger partial charge in [0, 0.05) is 12.1 Å². The number of fused-ring (bicyclic) bond motifs is 1. The second-order valence-corrected chi connectivity index (χ2v) is 5.04. The van der Waals surface area contributed by atoms with Crippen molar-refractivity contribution in [3.63, 3.8) is 0 Å². The van der Waals surface area contributed by atoms with Crippen LogP contribution in [0.5, 0.6) is 0 Å². The Kier molecular flexibility index (Phi) is 4.25. The number of esters is 1. The summed E-state index contributed by atoms with van der Waals surface area (Å²) >= 11 is 0. The Morgan fingerprint density at radius 3 is 2.96 bits per heavy atom. The molecular formula is C15H12N4O6. The van der Waals surface area contributed by atoms with Crippen LogP contribution >= 0.6 is 0 Å². The van der Waals surface area contributed by atoms with Gasteiger partial charge in [-0.2, -0.15) is 0 Å². The van der Waals surface area contributed by atoms with Crippen molar-refractivity contribution in [3.8, 4) is 0 Å². The van der Waals surface area contributed by atoms with Crippen LogP contribution in [-0.4, -0.2) is 32.2 Å². The summed E-state index contributed by atoms with van der Waals surface area (Å²) in [5.41, 5.74) is -0.435. The minimum Gasteiger partial charge on any atom is -0.461 e. The molecule has 3 rings (SSSR count). The average Bonchev–Trinajstić information content (AvgIpc) is 3.03. The van der Waals surface area contributed by atoms with E-state index in [-0.39, 0.29) is 35.6 Å². The van der Waals surface area contributed by atoms with Gasteiger partial charge >= 0.3 is 5.97 Å². The molecule has 3 aromatic rings. The van der Waals surface area contributed by atoms with Gasteiger partial charge in [0.05, 0.1) is 18.1 Å². The Morgan fingerprint density at radius 1 is 1.44 bits per heavy atom. The monoisotopic (exact) mass is 344 g/mol. The van der Waals surface area contributed by atoms with E-state index in [1.54, 1.807) is 13.0 Å². The van der Waals surface area contributed by atoms with Crippen molar-refractivity contribution in [3.05, 3.63) is 62.3 Å². The summed E-state index contributed by atoms with van der Waals surface area (Å²) in [6.45, 7) is 1.78. The van der Waals surface area contributed by atoms with Gasteiger partial charge in [0.2, 0.25) is 5.69 Å². The van der Waals surface area contributed by atoms with Crippen LogP contribution in [0.25, 0.3) is 11.1 Å². The topological polar surface area (TPSA) is 130 Å². The number of hydrogen-bond donors (Lipinski definition) is 0. The van der Waals surface area contributed by atoms with Gasteiger partial charge in [-0.25, -0.2) is 9.78 Å². The summed E-state index contributed by atoms with van der Waals surface area (Å²) in [7, 11) is 0. The summed E-state index contributed by atoms with van der Waals surface area (Å²) in [6.07, 6.45) is 1.23. The van der Waals surface area contributed by atoms with Gasteiger partial charge in [-0.3, -0.25) is 19.5 Å². The maximum Gasteiger partial charge on any atom is 0.361 e. The lowest BCUT2D eigenvalue weighted by Gasteiger charge is -2.05. The Balaban J connectivity index is 2.03. The largest absolute Gasteiger partial charge is 0.461 e. The summed E-state index contributed by atoms with van der Waals surface area (Å²) < 4.78 is 10.9. The van der Waals surface area contributed by atoms with Crippen LogP contribution in [0, 0.1) is 10.1 Å². The standard InChI is InChI=1S/C15H12N4O6/c1-2-24-15(21)12-11-13(25-17-12)16-8-18(14(11)20)7-9-4-3-5-10(6-9)19(22)23/h3-6,8H,2,7H2,1H3. The second-order valence-electron chi connectivity index (χ2n) is 5.04. The van der Waals surface area contributed by atoms with Crippen molar-refractivity contribution in [2.45, 2.75) is 13.5 Å². The highest BCUT2D eigenvalue weighted by atomic mass is 16.6. The molecule has 0 saturated heterocycles. The number of hydrogen-bond acceptors (Lipinski definition) is 8. The molecule has 0 spiro atoms. The van der Waals surface area contributed by atoms with E-state index in [4.69, 9.17) is 9.26 Å². The zero-order chi connectivity index (χ0) is 18.0. The molecule has 0 saturated carbocycles. The van der Waals surface area contributed by atoms with Gasteiger partial charge in [0.15, 0.2) is 0 Å². The minimum atomic E-state index is -0.784. The highest BCUT2D eigenvalue weighted by molar-refractivity contribution is 5.99. The molecule has 0 aliphatic carbocycles. The van der Waals surface area contributed by atoms with E-state index in [9.17, 15) is 19.7 Å². The number of rotatable bonds is 5. The molecule has 0 aliphatic rings. The molecule has 10 nitrogen and oxygen atoms in total. The van der Waals surface area contributed by atoms with Gasteiger partial charge in [0.25, 0.3) is 17.0 Å². The molecule has 25 heavy (non-hydrogen) atoms. The highest BCUT2D eigenvalue weighted by Crippen LogP contribution is 2.15. The number of carbonyl (C=O) groups is 1. The van der Waals surface area contributed by atoms with Crippen molar-refractivity contribution >= 4 is 22.8 Å². The third-order valence-corrected chi connectivity index (χ3v) is 3.41. The molecule has 10 heteroatoms. The van der Waals surface area contributed by atoms with Gasteiger partial charge in [-0.1, -0.05) is 17.3 Å². The predicted molar refractivity (Wildman–Crippen MR) is 84.2 cm³/mol. The fourth-order valence-electron chi connectivity index (χ4n) is 2.30. The maximum atomic E-state index is 12.6. The van der Waals surface area contributed by atoms with E-state index in [0.29, 0.717) is 5.56 Å². The number of nitrogens with zero attached hydrogens (tertiary/aromatic N) is 4. The second kappa shape index (κ2) is 6.51. The molecule has 2 heterocycles. The predicted octanol–water partition coefficient (Wildman–Crippen LogP) is 1.52. The molecule has 0 atom stereocenters. The Labute approximate surface area is 139 Å². The van der Waals surface area contributed by atoms with Crippen LogP contribution in [0.15, 0.2) is 39.9 Å². The zero-order valence-corrected chi connectivity index (χ0v) is 13.0. The van der Waals surface area contributed by atoms with Crippen LogP contribution in [0.2, 0.25) is 0 Å². The van der Waals surface area contributed by atoms with Crippen LogP contribution in [0.3, 0.4) is 0 Å². The summed E-state index contributed by atoms with van der Waals surface area (Å²) in [4.78, 5) is 38.8. The van der Waals surface area contributed by atoms with Gasteiger partial charge in [0.1, 0.15) is 11.7 Å². The third kappa shape index (κ3) is 3.09. The first-order valence-corrected chi connectivity index (χ1v) is 7.26. The SMILES string of the molecule is CCOC(=O)c1noc2ncn(Cc3cccc([N+](=O)[O-])c3)c(=O)c12. The maximum absolute atomic E-state index is 12.6. The summed E-state index contributed by atoms with van der Waals surface area (Å²) in [5, 5.41) is 14.3. The highest BCUT2D eigenvalue weighted by Gasteiger charge is 2.22. The van der Waals surface area contributed by atoms with E-state index in [0.717, 1.165) is 0 Å². The first kappa shape index (κ1) is 16.3.